The molecule has 5 rings (SSSR count). The number of nitrogens with zero attached hydrogens (tertiary/aromatic N) is 2. The van der Waals surface area contributed by atoms with Crippen molar-refractivity contribution in [1.82, 2.24) is 9.97 Å². The summed E-state index contributed by atoms with van der Waals surface area (Å²) in [7, 11) is 0. The van der Waals surface area contributed by atoms with E-state index >= 15 is 0 Å². The summed E-state index contributed by atoms with van der Waals surface area (Å²) in [4.78, 5) is 8.62. The van der Waals surface area contributed by atoms with Gasteiger partial charge in [-0.25, -0.2) is 9.97 Å². The number of benzene rings is 2. The summed E-state index contributed by atoms with van der Waals surface area (Å²) in [5.74, 6) is 2.52. The van der Waals surface area contributed by atoms with E-state index in [1.165, 1.54) is 12.0 Å². The highest BCUT2D eigenvalue weighted by molar-refractivity contribution is 5.79. The molecule has 4 aromatic rings. The van der Waals surface area contributed by atoms with Gasteiger partial charge in [-0.05, 0) is 36.2 Å². The maximum absolute atomic E-state index is 5.96. The monoisotopic (exact) mass is 318 g/mol. The molecule has 0 saturated heterocycles. The van der Waals surface area contributed by atoms with Crippen LogP contribution in [0.5, 0.6) is 5.75 Å². The molecule has 0 aliphatic carbocycles. The lowest BCUT2D eigenvalue weighted by Crippen LogP contribution is -2.19. The molecule has 2 aromatic heterocycles. The molecule has 5 heteroatoms. The highest BCUT2D eigenvalue weighted by Gasteiger charge is 2.25. The molecule has 0 fully saturated rings. The van der Waals surface area contributed by atoms with Crippen LogP contribution < -0.4 is 4.74 Å². The number of ether oxygens (including phenoxy) is 1. The van der Waals surface area contributed by atoms with Crippen LogP contribution in [-0.2, 0) is 6.42 Å². The lowest BCUT2D eigenvalue weighted by atomic mass is 9.97. The van der Waals surface area contributed by atoms with E-state index in [0.29, 0.717) is 12.5 Å². The van der Waals surface area contributed by atoms with Crippen LogP contribution in [0.2, 0.25) is 0 Å². The Hall–Kier alpha value is -3.08. The SMILES string of the molecule is c1ccc2c(c1)CC(c1nc3cc(-c4cnco4)ccc3o1)CO2. The zero-order valence-electron chi connectivity index (χ0n) is 12.8. The van der Waals surface area contributed by atoms with Crippen molar-refractivity contribution in [3.8, 4) is 17.1 Å². The number of rotatable bonds is 2. The second-order valence-electron chi connectivity index (χ2n) is 5.92. The Morgan fingerprint density at radius 3 is 2.96 bits per heavy atom. The molecule has 2 aromatic carbocycles. The summed E-state index contributed by atoms with van der Waals surface area (Å²) in [6.07, 6.45) is 3.98. The van der Waals surface area contributed by atoms with Gasteiger partial charge in [-0.3, -0.25) is 0 Å². The van der Waals surface area contributed by atoms with Crippen molar-refractivity contribution < 1.29 is 13.6 Å². The lowest BCUT2D eigenvalue weighted by molar-refractivity contribution is 0.243. The standard InChI is InChI=1S/C19H14N2O3/c1-2-4-16-12(3-1)7-14(10-22-16)19-21-15-8-13(5-6-17(15)24-19)18-9-20-11-23-18/h1-6,8-9,11,14H,7,10H2. The predicted octanol–water partition coefficient (Wildman–Crippen LogP) is 4.20. The largest absolute Gasteiger partial charge is 0.492 e. The van der Waals surface area contributed by atoms with Crippen LogP contribution in [0.4, 0.5) is 0 Å². The number of para-hydroxylation sites is 1. The van der Waals surface area contributed by atoms with Gasteiger partial charge >= 0.3 is 0 Å². The molecule has 0 saturated carbocycles. The predicted molar refractivity (Wildman–Crippen MR) is 87.9 cm³/mol. The molecule has 0 N–H and O–H groups in total. The van der Waals surface area contributed by atoms with Crippen LogP contribution >= 0.6 is 0 Å². The van der Waals surface area contributed by atoms with Gasteiger partial charge in [0.15, 0.2) is 17.7 Å². The van der Waals surface area contributed by atoms with Crippen LogP contribution in [0.15, 0.2) is 63.9 Å². The summed E-state index contributed by atoms with van der Waals surface area (Å²) < 4.78 is 17.1. The highest BCUT2D eigenvalue weighted by Crippen LogP contribution is 2.33. The Kier molecular flexibility index (Phi) is 2.91. The Bertz CT molecular complexity index is 1000. The number of aromatic nitrogens is 2. The molecule has 1 unspecified atom stereocenters. The maximum atomic E-state index is 5.96. The molecule has 1 atom stereocenters. The van der Waals surface area contributed by atoms with Crippen molar-refractivity contribution in [2.45, 2.75) is 12.3 Å². The van der Waals surface area contributed by atoms with Gasteiger partial charge in [0.1, 0.15) is 17.9 Å². The third-order valence-electron chi connectivity index (χ3n) is 4.35. The van der Waals surface area contributed by atoms with E-state index in [1.54, 1.807) is 6.20 Å². The third kappa shape index (κ3) is 2.17. The second-order valence-corrected chi connectivity index (χ2v) is 5.92. The Morgan fingerprint density at radius 1 is 1.08 bits per heavy atom. The van der Waals surface area contributed by atoms with E-state index in [4.69, 9.17) is 13.6 Å². The molecule has 0 bridgehead atoms. The fourth-order valence-electron chi connectivity index (χ4n) is 3.12. The van der Waals surface area contributed by atoms with Gasteiger partial charge in [0.2, 0.25) is 5.89 Å². The molecular weight excluding hydrogens is 304 g/mol. The Labute approximate surface area is 137 Å². The summed E-state index contributed by atoms with van der Waals surface area (Å²) in [6.45, 7) is 0.582. The first-order valence-corrected chi connectivity index (χ1v) is 7.87. The number of hydrogen-bond donors (Lipinski definition) is 0. The summed E-state index contributed by atoms with van der Waals surface area (Å²) >= 11 is 0. The van der Waals surface area contributed by atoms with Gasteiger partial charge < -0.3 is 13.6 Å². The van der Waals surface area contributed by atoms with Crippen LogP contribution in [0, 0.1) is 0 Å². The third-order valence-corrected chi connectivity index (χ3v) is 4.35. The van der Waals surface area contributed by atoms with Gasteiger partial charge in [-0.1, -0.05) is 18.2 Å². The van der Waals surface area contributed by atoms with Crippen LogP contribution in [0.1, 0.15) is 17.4 Å². The first-order valence-electron chi connectivity index (χ1n) is 7.87. The molecule has 0 spiro atoms. The Balaban J connectivity index is 1.50. The first kappa shape index (κ1) is 13.4. The van der Waals surface area contributed by atoms with Crippen molar-refractivity contribution in [3.63, 3.8) is 0 Å². The van der Waals surface area contributed by atoms with Crippen molar-refractivity contribution >= 4 is 11.1 Å². The molecule has 0 radical (unpaired) electrons. The van der Waals surface area contributed by atoms with Crippen LogP contribution in [0.25, 0.3) is 22.4 Å². The molecule has 3 heterocycles. The Morgan fingerprint density at radius 2 is 2.04 bits per heavy atom. The number of fused-ring (bicyclic) bond motifs is 2. The summed E-state index contributed by atoms with van der Waals surface area (Å²) in [5.41, 5.74) is 3.72. The molecule has 5 nitrogen and oxygen atoms in total. The van der Waals surface area contributed by atoms with Gasteiger partial charge in [0, 0.05) is 5.56 Å². The average molecular weight is 318 g/mol. The van der Waals surface area contributed by atoms with Crippen molar-refractivity contribution in [1.29, 1.82) is 0 Å². The van der Waals surface area contributed by atoms with E-state index in [1.807, 2.05) is 36.4 Å². The minimum Gasteiger partial charge on any atom is -0.492 e. The number of oxazole rings is 2. The smallest absolute Gasteiger partial charge is 0.202 e. The van der Waals surface area contributed by atoms with Crippen LogP contribution in [0.3, 0.4) is 0 Å². The molecule has 118 valence electrons. The fraction of sp³-hybridized carbons (Fsp3) is 0.158. The summed E-state index contributed by atoms with van der Waals surface area (Å²) in [6, 6.07) is 13.9. The quantitative estimate of drug-likeness (QED) is 0.554. The minimum absolute atomic E-state index is 0.126. The van der Waals surface area contributed by atoms with E-state index in [-0.39, 0.29) is 5.92 Å². The van der Waals surface area contributed by atoms with Gasteiger partial charge in [0.25, 0.3) is 0 Å². The van der Waals surface area contributed by atoms with E-state index in [2.05, 4.69) is 16.0 Å². The van der Waals surface area contributed by atoms with Crippen LogP contribution in [-0.4, -0.2) is 16.6 Å². The van der Waals surface area contributed by atoms with Crippen molar-refractivity contribution in [2.24, 2.45) is 0 Å². The minimum atomic E-state index is 0.126. The molecule has 1 aliphatic rings. The molecule has 1 aliphatic heterocycles. The second kappa shape index (κ2) is 5.23. The van der Waals surface area contributed by atoms with E-state index < -0.39 is 0 Å². The van der Waals surface area contributed by atoms with Crippen molar-refractivity contribution in [2.75, 3.05) is 6.61 Å². The molecule has 24 heavy (non-hydrogen) atoms. The van der Waals surface area contributed by atoms with E-state index in [9.17, 15) is 0 Å². The normalized spacial score (nSPS) is 16.8. The highest BCUT2D eigenvalue weighted by atomic mass is 16.5. The lowest BCUT2D eigenvalue weighted by Gasteiger charge is -2.22. The van der Waals surface area contributed by atoms with Crippen molar-refractivity contribution in [3.05, 3.63) is 66.5 Å². The fourth-order valence-corrected chi connectivity index (χ4v) is 3.12. The van der Waals surface area contributed by atoms with Gasteiger partial charge in [0.05, 0.1) is 12.1 Å². The summed E-state index contributed by atoms with van der Waals surface area (Å²) in [5, 5.41) is 0. The van der Waals surface area contributed by atoms with Gasteiger partial charge in [-0.15, -0.1) is 0 Å². The topological polar surface area (TPSA) is 61.3 Å². The average Bonchev–Trinajstić information content (AvgIpc) is 3.30. The zero-order chi connectivity index (χ0) is 15.9. The van der Waals surface area contributed by atoms with E-state index in [0.717, 1.165) is 34.6 Å². The molecule has 0 amide bonds. The first-order chi connectivity index (χ1) is 11.9. The number of hydrogen-bond acceptors (Lipinski definition) is 5. The maximum Gasteiger partial charge on any atom is 0.202 e. The van der Waals surface area contributed by atoms with Gasteiger partial charge in [-0.2, -0.15) is 0 Å². The zero-order valence-corrected chi connectivity index (χ0v) is 12.8. The molecular formula is C19H14N2O3.